The molecule has 134 valence electrons. The van der Waals surface area contributed by atoms with Crippen molar-refractivity contribution in [3.8, 4) is 6.07 Å². The molecule has 1 aromatic carbocycles. The maximum atomic E-state index is 13.2. The average molecular weight is 373 g/mol. The van der Waals surface area contributed by atoms with E-state index >= 15 is 0 Å². The van der Waals surface area contributed by atoms with Gasteiger partial charge in [0.2, 0.25) is 10.0 Å². The fourth-order valence-electron chi connectivity index (χ4n) is 4.14. The van der Waals surface area contributed by atoms with Gasteiger partial charge in [0.05, 0.1) is 35.1 Å². The number of nitriles is 1. The highest BCUT2D eigenvalue weighted by atomic mass is 32.2. The fraction of sp³-hybridized carbons (Fsp3) is 0.533. The maximum Gasteiger partial charge on any atom is 0.417 e. The lowest BCUT2D eigenvalue weighted by molar-refractivity contribution is -0.137. The SMILES string of the molecule is N#Cc1ccc(N2CC3C4CC(N)C(O4)C3S2(=O)=O)cc1C(F)(F)F. The summed E-state index contributed by atoms with van der Waals surface area (Å²) >= 11 is 0. The third kappa shape index (κ3) is 2.26. The topological polar surface area (TPSA) is 96.4 Å². The largest absolute Gasteiger partial charge is 0.417 e. The molecule has 0 amide bonds. The third-order valence-corrected chi connectivity index (χ3v) is 7.51. The van der Waals surface area contributed by atoms with Crippen molar-refractivity contribution in [3.05, 3.63) is 29.3 Å². The minimum atomic E-state index is -4.75. The van der Waals surface area contributed by atoms with E-state index in [1.807, 2.05) is 0 Å². The molecule has 10 heteroatoms. The second-order valence-corrected chi connectivity index (χ2v) is 8.60. The first-order chi connectivity index (χ1) is 11.6. The van der Waals surface area contributed by atoms with Crippen LogP contribution in [0, 0.1) is 17.2 Å². The van der Waals surface area contributed by atoms with Crippen molar-refractivity contribution in [2.45, 2.75) is 36.1 Å². The van der Waals surface area contributed by atoms with E-state index in [9.17, 15) is 21.6 Å². The second-order valence-electron chi connectivity index (χ2n) is 6.58. The Balaban J connectivity index is 1.76. The summed E-state index contributed by atoms with van der Waals surface area (Å²) in [5.74, 6) is -0.306. The number of anilines is 1. The van der Waals surface area contributed by atoms with E-state index in [2.05, 4.69) is 0 Å². The Morgan fingerprint density at radius 1 is 1.36 bits per heavy atom. The van der Waals surface area contributed by atoms with Crippen molar-refractivity contribution in [2.75, 3.05) is 10.8 Å². The molecule has 2 N–H and O–H groups in total. The Morgan fingerprint density at radius 2 is 2.08 bits per heavy atom. The molecule has 1 aromatic rings. The van der Waals surface area contributed by atoms with Crippen LogP contribution in [0.5, 0.6) is 0 Å². The Bertz CT molecular complexity index is 880. The van der Waals surface area contributed by atoms with Crippen LogP contribution in [0.1, 0.15) is 17.5 Å². The molecular formula is C15H14F3N3O3S. The van der Waals surface area contributed by atoms with E-state index in [4.69, 9.17) is 15.7 Å². The molecule has 0 spiro atoms. The lowest BCUT2D eigenvalue weighted by atomic mass is 9.86. The van der Waals surface area contributed by atoms with Crippen LogP contribution in [0.3, 0.4) is 0 Å². The normalized spacial score (nSPS) is 35.6. The summed E-state index contributed by atoms with van der Waals surface area (Å²) in [5, 5.41) is 8.04. The number of halogens is 3. The van der Waals surface area contributed by atoms with Gasteiger partial charge in [-0.05, 0) is 24.6 Å². The van der Waals surface area contributed by atoms with Crippen molar-refractivity contribution in [1.29, 1.82) is 5.26 Å². The molecule has 0 aromatic heterocycles. The number of alkyl halides is 3. The van der Waals surface area contributed by atoms with Crippen LogP contribution in [0.25, 0.3) is 0 Å². The molecule has 3 fully saturated rings. The first-order valence-electron chi connectivity index (χ1n) is 7.68. The highest BCUT2D eigenvalue weighted by Gasteiger charge is 2.63. The van der Waals surface area contributed by atoms with E-state index in [0.717, 1.165) is 16.4 Å². The van der Waals surface area contributed by atoms with E-state index in [-0.39, 0.29) is 30.3 Å². The molecule has 5 atom stereocenters. The van der Waals surface area contributed by atoms with Crippen molar-refractivity contribution in [1.82, 2.24) is 0 Å². The number of benzene rings is 1. The molecule has 3 heterocycles. The van der Waals surface area contributed by atoms with Gasteiger partial charge in [-0.1, -0.05) is 0 Å². The van der Waals surface area contributed by atoms with Gasteiger partial charge in [-0.25, -0.2) is 8.42 Å². The van der Waals surface area contributed by atoms with Crippen LogP contribution < -0.4 is 10.0 Å². The van der Waals surface area contributed by atoms with Gasteiger partial charge in [0.1, 0.15) is 5.25 Å². The number of hydrogen-bond acceptors (Lipinski definition) is 5. The summed E-state index contributed by atoms with van der Waals surface area (Å²) in [7, 11) is -3.89. The van der Waals surface area contributed by atoms with E-state index < -0.39 is 38.7 Å². The van der Waals surface area contributed by atoms with Gasteiger partial charge in [0.25, 0.3) is 0 Å². The molecule has 25 heavy (non-hydrogen) atoms. The number of ether oxygens (including phenoxy) is 1. The number of hydrogen-bond donors (Lipinski definition) is 1. The summed E-state index contributed by atoms with van der Waals surface area (Å²) in [6, 6.07) is 4.06. The zero-order chi connectivity index (χ0) is 18.1. The monoisotopic (exact) mass is 373 g/mol. The van der Waals surface area contributed by atoms with Gasteiger partial charge in [0.15, 0.2) is 0 Å². The Morgan fingerprint density at radius 3 is 2.72 bits per heavy atom. The third-order valence-electron chi connectivity index (χ3n) is 5.23. The predicted octanol–water partition coefficient (Wildman–Crippen LogP) is 1.21. The number of rotatable bonds is 1. The minimum Gasteiger partial charge on any atom is -0.371 e. The molecule has 3 aliphatic rings. The van der Waals surface area contributed by atoms with Crippen LogP contribution >= 0.6 is 0 Å². The van der Waals surface area contributed by atoms with Crippen molar-refractivity contribution in [2.24, 2.45) is 11.7 Å². The van der Waals surface area contributed by atoms with Gasteiger partial charge in [-0.15, -0.1) is 0 Å². The first kappa shape index (κ1) is 16.6. The Labute approximate surface area is 142 Å². The van der Waals surface area contributed by atoms with Crippen LogP contribution in [-0.4, -0.2) is 38.5 Å². The molecular weight excluding hydrogens is 359 g/mol. The zero-order valence-electron chi connectivity index (χ0n) is 12.8. The van der Waals surface area contributed by atoms with Crippen LogP contribution in [0.4, 0.5) is 18.9 Å². The number of sulfonamides is 1. The minimum absolute atomic E-state index is 0.0596. The predicted molar refractivity (Wildman–Crippen MR) is 81.0 cm³/mol. The van der Waals surface area contributed by atoms with E-state index in [0.29, 0.717) is 6.42 Å². The average Bonchev–Trinajstić information content (AvgIpc) is 3.15. The molecule has 0 radical (unpaired) electrons. The van der Waals surface area contributed by atoms with Crippen LogP contribution in [0.15, 0.2) is 18.2 Å². The molecule has 0 saturated carbocycles. The second kappa shape index (κ2) is 5.09. The molecule has 3 aliphatic heterocycles. The first-order valence-corrected chi connectivity index (χ1v) is 9.19. The highest BCUT2D eigenvalue weighted by molar-refractivity contribution is 7.93. The summed E-state index contributed by atoms with van der Waals surface area (Å²) in [4.78, 5) is 0. The maximum absolute atomic E-state index is 13.2. The van der Waals surface area contributed by atoms with Gasteiger partial charge in [-0.2, -0.15) is 18.4 Å². The van der Waals surface area contributed by atoms with Crippen molar-refractivity contribution < 1.29 is 26.3 Å². The number of nitrogens with zero attached hydrogens (tertiary/aromatic N) is 2. The Hall–Kier alpha value is -1.83. The van der Waals surface area contributed by atoms with Gasteiger partial charge >= 0.3 is 6.18 Å². The van der Waals surface area contributed by atoms with Gasteiger partial charge < -0.3 is 10.5 Å². The van der Waals surface area contributed by atoms with Gasteiger partial charge in [0, 0.05) is 18.5 Å². The summed E-state index contributed by atoms with van der Waals surface area (Å²) in [6.07, 6.45) is -5.10. The summed E-state index contributed by atoms with van der Waals surface area (Å²) < 4.78 is 71.8. The van der Waals surface area contributed by atoms with Crippen LogP contribution in [0.2, 0.25) is 0 Å². The molecule has 2 bridgehead atoms. The van der Waals surface area contributed by atoms with E-state index in [1.54, 1.807) is 0 Å². The molecule has 6 nitrogen and oxygen atoms in total. The standard InChI is InChI=1S/C15H14F3N3O3S/c16-15(17,18)10-3-8(2-1-7(10)5-19)21-6-9-12-4-11(20)13(24-12)14(9)25(21,22)23/h1-3,9,11-14H,4,6,20H2. The lowest BCUT2D eigenvalue weighted by Gasteiger charge is -2.24. The summed E-state index contributed by atoms with van der Waals surface area (Å²) in [6.45, 7) is 0.0596. The van der Waals surface area contributed by atoms with Crippen molar-refractivity contribution in [3.63, 3.8) is 0 Å². The molecule has 5 unspecified atom stereocenters. The molecule has 0 aliphatic carbocycles. The summed E-state index contributed by atoms with van der Waals surface area (Å²) in [5.41, 5.74) is 4.13. The van der Waals surface area contributed by atoms with Crippen molar-refractivity contribution >= 4 is 15.7 Å². The lowest BCUT2D eigenvalue weighted by Crippen LogP contribution is -2.46. The zero-order valence-corrected chi connectivity index (χ0v) is 13.6. The number of fused-ring (bicyclic) bond motifs is 5. The molecule has 4 rings (SSSR count). The smallest absolute Gasteiger partial charge is 0.371 e. The molecule has 3 saturated heterocycles. The Kier molecular flexibility index (Phi) is 3.39. The number of nitrogens with two attached hydrogens (primary N) is 1. The fourth-order valence-corrected chi connectivity index (χ4v) is 6.53. The quantitative estimate of drug-likeness (QED) is 0.798. The highest BCUT2D eigenvalue weighted by Crippen LogP contribution is 2.49. The van der Waals surface area contributed by atoms with Gasteiger partial charge in [-0.3, -0.25) is 4.31 Å². The van der Waals surface area contributed by atoms with Crippen LogP contribution in [-0.2, 0) is 20.9 Å². The van der Waals surface area contributed by atoms with E-state index in [1.165, 1.54) is 12.1 Å².